The zero-order chi connectivity index (χ0) is 16.7. The molecule has 0 aromatic rings. The lowest BCUT2D eigenvalue weighted by Gasteiger charge is -2.19. The van der Waals surface area contributed by atoms with Crippen LogP contribution in [0.25, 0.3) is 0 Å². The van der Waals surface area contributed by atoms with Crippen molar-refractivity contribution >= 4 is 5.97 Å². The van der Waals surface area contributed by atoms with Crippen LogP contribution in [0, 0.1) is 5.92 Å². The van der Waals surface area contributed by atoms with Crippen LogP contribution in [0.2, 0.25) is 0 Å². The van der Waals surface area contributed by atoms with Gasteiger partial charge in [-0.25, -0.2) is 4.79 Å². The third-order valence-electron chi connectivity index (χ3n) is 3.20. The molecule has 0 aliphatic rings. The van der Waals surface area contributed by atoms with Crippen LogP contribution in [0.5, 0.6) is 0 Å². The molecule has 0 spiro atoms. The minimum atomic E-state index is -0.328. The van der Waals surface area contributed by atoms with Gasteiger partial charge in [-0.2, -0.15) is 0 Å². The summed E-state index contributed by atoms with van der Waals surface area (Å²) in [4.78, 5) is 13.3. The van der Waals surface area contributed by atoms with Gasteiger partial charge in [0.1, 0.15) is 6.10 Å². The average Bonchev–Trinajstić information content (AvgIpc) is 2.45. The first kappa shape index (κ1) is 22.5. The molecule has 0 radical (unpaired) electrons. The maximum absolute atomic E-state index is 10.7. The fourth-order valence-corrected chi connectivity index (χ4v) is 2.17. The molecule has 1 atom stereocenters. The van der Waals surface area contributed by atoms with Crippen molar-refractivity contribution in [2.75, 3.05) is 19.6 Å². The molecule has 21 heavy (non-hydrogen) atoms. The van der Waals surface area contributed by atoms with E-state index in [1.165, 1.54) is 45.0 Å². The number of esters is 1. The summed E-state index contributed by atoms with van der Waals surface area (Å²) >= 11 is 0. The van der Waals surface area contributed by atoms with Crippen LogP contribution in [0.3, 0.4) is 0 Å². The lowest BCUT2D eigenvalue weighted by Crippen LogP contribution is -2.25. The molecule has 126 valence electrons. The van der Waals surface area contributed by atoms with Gasteiger partial charge in [-0.3, -0.25) is 0 Å². The van der Waals surface area contributed by atoms with Gasteiger partial charge in [-0.1, -0.05) is 48.1 Å². The molecule has 0 aliphatic carbocycles. The Kier molecular flexibility index (Phi) is 16.6. The average molecular weight is 299 g/mol. The maximum atomic E-state index is 10.7. The van der Waals surface area contributed by atoms with Crippen LogP contribution in [-0.4, -0.2) is 36.6 Å². The van der Waals surface area contributed by atoms with Gasteiger partial charge < -0.3 is 9.64 Å². The van der Waals surface area contributed by atoms with E-state index in [2.05, 4.69) is 32.3 Å². The van der Waals surface area contributed by atoms with Crippen molar-refractivity contribution in [1.82, 2.24) is 4.90 Å². The third kappa shape index (κ3) is 13.9. The molecule has 0 N–H and O–H groups in total. The molecule has 0 amide bonds. The lowest BCUT2D eigenvalue weighted by molar-refractivity contribution is -0.145. The van der Waals surface area contributed by atoms with E-state index in [1.807, 2.05) is 20.8 Å². The minimum absolute atomic E-state index is 0.0282. The van der Waals surface area contributed by atoms with E-state index in [9.17, 15) is 4.79 Å². The highest BCUT2D eigenvalue weighted by atomic mass is 16.5. The molecule has 0 aromatic heterocycles. The number of carbonyl (C=O) groups excluding carboxylic acids is 1. The van der Waals surface area contributed by atoms with Crippen molar-refractivity contribution in [3.8, 4) is 0 Å². The molecule has 0 saturated carbocycles. The van der Waals surface area contributed by atoms with Crippen LogP contribution < -0.4 is 0 Å². The van der Waals surface area contributed by atoms with E-state index in [-0.39, 0.29) is 12.1 Å². The SMILES string of the molecule is C=CC(=O)OC(CC)C(C)C.CCCN(CCC)CCC. The monoisotopic (exact) mass is 299 g/mol. The van der Waals surface area contributed by atoms with E-state index in [0.29, 0.717) is 5.92 Å². The summed E-state index contributed by atoms with van der Waals surface area (Å²) in [5, 5.41) is 0. The van der Waals surface area contributed by atoms with Gasteiger partial charge >= 0.3 is 5.97 Å². The Labute approximate surface area is 132 Å². The molecule has 0 saturated heterocycles. The summed E-state index contributed by atoms with van der Waals surface area (Å²) in [6.45, 7) is 20.0. The summed E-state index contributed by atoms with van der Waals surface area (Å²) in [7, 11) is 0. The van der Waals surface area contributed by atoms with Crippen LogP contribution in [0.15, 0.2) is 12.7 Å². The van der Waals surface area contributed by atoms with Crippen molar-refractivity contribution in [2.45, 2.75) is 73.3 Å². The van der Waals surface area contributed by atoms with Crippen molar-refractivity contribution in [1.29, 1.82) is 0 Å². The van der Waals surface area contributed by atoms with Crippen LogP contribution in [-0.2, 0) is 9.53 Å². The first-order valence-electron chi connectivity index (χ1n) is 8.51. The molecule has 0 rings (SSSR count). The molecular weight excluding hydrogens is 262 g/mol. The topological polar surface area (TPSA) is 29.5 Å². The number of ether oxygens (including phenoxy) is 1. The first-order valence-corrected chi connectivity index (χ1v) is 8.51. The van der Waals surface area contributed by atoms with Crippen molar-refractivity contribution in [2.24, 2.45) is 5.92 Å². The molecule has 0 heterocycles. The highest BCUT2D eigenvalue weighted by Crippen LogP contribution is 2.10. The zero-order valence-electron chi connectivity index (χ0n) is 15.2. The first-order chi connectivity index (χ1) is 9.96. The molecular formula is C18H37NO2. The summed E-state index contributed by atoms with van der Waals surface area (Å²) < 4.78 is 5.05. The Hall–Kier alpha value is -0.830. The van der Waals surface area contributed by atoms with Gasteiger partial charge in [-0.15, -0.1) is 0 Å². The van der Waals surface area contributed by atoms with Crippen molar-refractivity contribution in [3.05, 3.63) is 12.7 Å². The number of carbonyl (C=O) groups is 1. The zero-order valence-corrected chi connectivity index (χ0v) is 15.2. The smallest absolute Gasteiger partial charge is 0.330 e. The van der Waals surface area contributed by atoms with Gasteiger partial charge in [0, 0.05) is 6.08 Å². The molecule has 0 fully saturated rings. The van der Waals surface area contributed by atoms with E-state index in [0.717, 1.165) is 6.42 Å². The van der Waals surface area contributed by atoms with E-state index in [4.69, 9.17) is 4.74 Å². The Morgan fingerprint density at radius 2 is 1.48 bits per heavy atom. The van der Waals surface area contributed by atoms with Crippen LogP contribution in [0.1, 0.15) is 67.2 Å². The van der Waals surface area contributed by atoms with E-state index < -0.39 is 0 Å². The fourth-order valence-electron chi connectivity index (χ4n) is 2.17. The number of hydrogen-bond donors (Lipinski definition) is 0. The Balaban J connectivity index is 0. The number of hydrogen-bond acceptors (Lipinski definition) is 3. The molecule has 0 aliphatic heterocycles. The summed E-state index contributed by atoms with van der Waals surface area (Å²) in [6, 6.07) is 0. The highest BCUT2D eigenvalue weighted by Gasteiger charge is 2.13. The number of rotatable bonds is 10. The van der Waals surface area contributed by atoms with Crippen molar-refractivity contribution < 1.29 is 9.53 Å². The highest BCUT2D eigenvalue weighted by molar-refractivity contribution is 5.81. The second-order valence-corrected chi connectivity index (χ2v) is 5.67. The van der Waals surface area contributed by atoms with E-state index >= 15 is 0 Å². The Morgan fingerprint density at radius 3 is 1.71 bits per heavy atom. The normalized spacial score (nSPS) is 11.8. The van der Waals surface area contributed by atoms with Crippen LogP contribution >= 0.6 is 0 Å². The van der Waals surface area contributed by atoms with Gasteiger partial charge in [-0.05, 0) is 51.2 Å². The van der Waals surface area contributed by atoms with Gasteiger partial charge in [0.15, 0.2) is 0 Å². The Bertz CT molecular complexity index is 237. The van der Waals surface area contributed by atoms with Crippen LogP contribution in [0.4, 0.5) is 0 Å². The van der Waals surface area contributed by atoms with E-state index in [1.54, 1.807) is 0 Å². The molecule has 3 nitrogen and oxygen atoms in total. The largest absolute Gasteiger partial charge is 0.459 e. The van der Waals surface area contributed by atoms with Crippen molar-refractivity contribution in [3.63, 3.8) is 0 Å². The quantitative estimate of drug-likeness (QED) is 0.434. The fraction of sp³-hybridized carbons (Fsp3) is 0.833. The molecule has 3 heteroatoms. The number of nitrogens with zero attached hydrogens (tertiary/aromatic N) is 1. The molecule has 1 unspecified atom stereocenters. The lowest BCUT2D eigenvalue weighted by atomic mass is 10.1. The minimum Gasteiger partial charge on any atom is -0.459 e. The predicted molar refractivity (Wildman–Crippen MR) is 92.5 cm³/mol. The summed E-state index contributed by atoms with van der Waals surface area (Å²) in [6.07, 6.45) is 5.96. The summed E-state index contributed by atoms with van der Waals surface area (Å²) in [5.41, 5.74) is 0. The second-order valence-electron chi connectivity index (χ2n) is 5.67. The Morgan fingerprint density at radius 1 is 1.05 bits per heavy atom. The third-order valence-corrected chi connectivity index (χ3v) is 3.20. The maximum Gasteiger partial charge on any atom is 0.330 e. The molecule has 0 aromatic carbocycles. The second kappa shape index (κ2) is 15.6. The van der Waals surface area contributed by atoms with Gasteiger partial charge in [0.25, 0.3) is 0 Å². The predicted octanol–water partition coefficient (Wildman–Crippen LogP) is 4.67. The van der Waals surface area contributed by atoms with Gasteiger partial charge in [0.05, 0.1) is 0 Å². The molecule has 0 bridgehead atoms. The standard InChI is InChI=1S/C9H21N.C9H16O2/c1-4-7-10(8-5-2)9-6-3;1-5-8(7(3)4)11-9(10)6-2/h4-9H2,1-3H3;6-8H,2,5H2,1,3-4H3. The summed E-state index contributed by atoms with van der Waals surface area (Å²) in [5.74, 6) is 0.0504. The van der Waals surface area contributed by atoms with Gasteiger partial charge in [0.2, 0.25) is 0 Å².